The minimum Gasteiger partial charge on any atom is -0.326 e. The lowest BCUT2D eigenvalue weighted by molar-refractivity contribution is 0.0977. The van der Waals surface area contributed by atoms with Gasteiger partial charge < -0.3 is 5.32 Å². The topological polar surface area (TPSA) is 71.3 Å². The molecule has 0 radical (unpaired) electrons. The highest BCUT2D eigenvalue weighted by Gasteiger charge is 2.14. The van der Waals surface area contributed by atoms with E-state index < -0.39 is 0 Å². The predicted molar refractivity (Wildman–Crippen MR) is 127 cm³/mol. The molecule has 3 aromatic rings. The summed E-state index contributed by atoms with van der Waals surface area (Å²) in [6.07, 6.45) is 0. The monoisotopic (exact) mass is 457 g/mol. The van der Waals surface area contributed by atoms with E-state index in [-0.39, 0.29) is 5.91 Å². The fraction of sp³-hybridized carbons (Fsp3) is 0.261. The van der Waals surface area contributed by atoms with Crippen LogP contribution in [0.15, 0.2) is 47.5 Å². The first-order chi connectivity index (χ1) is 14.8. The van der Waals surface area contributed by atoms with Crippen LogP contribution in [0.1, 0.15) is 39.8 Å². The molecule has 162 valence electrons. The summed E-state index contributed by atoms with van der Waals surface area (Å²) in [4.78, 5) is 17.5. The highest BCUT2D eigenvalue weighted by Crippen LogP contribution is 2.20. The molecule has 1 aromatic heterocycles. The summed E-state index contributed by atoms with van der Waals surface area (Å²) in [6, 6.07) is 12.3. The number of nitrogens with zero attached hydrogens (tertiary/aromatic N) is 3. The fourth-order valence-corrected chi connectivity index (χ4v) is 3.66. The molecule has 2 aromatic carbocycles. The first-order valence-electron chi connectivity index (χ1n) is 9.96. The normalized spacial score (nSPS) is 11.5. The molecule has 3 rings (SSSR count). The van der Waals surface area contributed by atoms with Gasteiger partial charge >= 0.3 is 0 Å². The second kappa shape index (κ2) is 9.98. The molecule has 0 aliphatic heterocycles. The van der Waals surface area contributed by atoms with E-state index in [1.165, 1.54) is 0 Å². The molecule has 6 nitrogen and oxygen atoms in total. The fourth-order valence-electron chi connectivity index (χ4n) is 3.24. The number of hydrogen-bond acceptors (Lipinski definition) is 3. The van der Waals surface area contributed by atoms with Gasteiger partial charge in [-0.05, 0) is 69.7 Å². The van der Waals surface area contributed by atoms with E-state index in [2.05, 4.69) is 20.7 Å². The van der Waals surface area contributed by atoms with Gasteiger partial charge in [-0.15, -0.1) is 0 Å². The van der Waals surface area contributed by atoms with Gasteiger partial charge in [0.05, 0.1) is 12.2 Å². The molecule has 1 heterocycles. The van der Waals surface area contributed by atoms with Crippen LogP contribution in [0, 0.1) is 20.8 Å². The van der Waals surface area contributed by atoms with Gasteiger partial charge in [-0.3, -0.25) is 14.8 Å². The van der Waals surface area contributed by atoms with E-state index in [9.17, 15) is 4.79 Å². The zero-order valence-electron chi connectivity index (χ0n) is 18.0. The molecule has 0 aliphatic carbocycles. The molecule has 0 unspecified atom stereocenters. The SMILES string of the molecule is CCn1nc(C)c(CN=C(NC(=O)c2cccc(Cl)c2)Nc2ccc(Cl)cc2C)c1C. The van der Waals surface area contributed by atoms with Crippen LogP contribution in [-0.4, -0.2) is 21.6 Å². The number of anilines is 1. The molecule has 8 heteroatoms. The maximum Gasteiger partial charge on any atom is 0.258 e. The van der Waals surface area contributed by atoms with Crippen LogP contribution in [0.4, 0.5) is 5.69 Å². The van der Waals surface area contributed by atoms with Crippen molar-refractivity contribution in [3.8, 4) is 0 Å². The zero-order chi connectivity index (χ0) is 22.5. The molecule has 0 fully saturated rings. The van der Waals surface area contributed by atoms with Gasteiger partial charge in [-0.25, -0.2) is 4.99 Å². The Morgan fingerprint density at radius 3 is 2.48 bits per heavy atom. The van der Waals surface area contributed by atoms with Gasteiger partial charge in [0.2, 0.25) is 5.96 Å². The minimum absolute atomic E-state index is 0.307. The van der Waals surface area contributed by atoms with Crippen molar-refractivity contribution in [2.24, 2.45) is 4.99 Å². The van der Waals surface area contributed by atoms with Crippen molar-refractivity contribution in [2.75, 3.05) is 5.32 Å². The second-order valence-electron chi connectivity index (χ2n) is 7.18. The second-order valence-corrected chi connectivity index (χ2v) is 8.05. The number of amides is 1. The summed E-state index contributed by atoms with van der Waals surface area (Å²) in [5, 5.41) is 11.8. The Kier molecular flexibility index (Phi) is 7.36. The first kappa shape index (κ1) is 22.8. The standard InChI is InChI=1S/C23H25Cl2N5O/c1-5-30-16(4)20(15(3)29-30)13-26-23(27-21-10-9-19(25)11-14(21)2)28-22(31)17-7-6-8-18(24)12-17/h6-12H,5,13H2,1-4H3,(H2,26,27,28,31). The number of carbonyl (C=O) groups is 1. The number of nitrogens with one attached hydrogen (secondary N) is 2. The summed E-state index contributed by atoms with van der Waals surface area (Å²) in [6.45, 7) is 9.14. The number of carbonyl (C=O) groups excluding carboxylic acids is 1. The van der Waals surface area contributed by atoms with Crippen molar-refractivity contribution in [3.63, 3.8) is 0 Å². The van der Waals surface area contributed by atoms with Crippen molar-refractivity contribution < 1.29 is 4.79 Å². The first-order valence-corrected chi connectivity index (χ1v) is 10.7. The Hall–Kier alpha value is -2.83. The van der Waals surface area contributed by atoms with E-state index in [1.54, 1.807) is 30.3 Å². The third kappa shape index (κ3) is 5.66. The van der Waals surface area contributed by atoms with E-state index in [1.807, 2.05) is 44.5 Å². The summed E-state index contributed by atoms with van der Waals surface area (Å²) in [7, 11) is 0. The molecule has 0 saturated carbocycles. The quantitative estimate of drug-likeness (QED) is 0.390. The van der Waals surface area contributed by atoms with Crippen LogP contribution in [-0.2, 0) is 13.1 Å². The number of benzene rings is 2. The third-order valence-electron chi connectivity index (χ3n) is 4.99. The maximum absolute atomic E-state index is 12.8. The van der Waals surface area contributed by atoms with Crippen molar-refractivity contribution in [3.05, 3.63) is 80.6 Å². The van der Waals surface area contributed by atoms with Crippen molar-refractivity contribution in [1.82, 2.24) is 15.1 Å². The summed E-state index contributed by atoms with van der Waals surface area (Å²) < 4.78 is 1.95. The van der Waals surface area contributed by atoms with Gasteiger partial charge in [0, 0.05) is 39.1 Å². The number of hydrogen-bond donors (Lipinski definition) is 2. The lowest BCUT2D eigenvalue weighted by Gasteiger charge is -2.14. The lowest BCUT2D eigenvalue weighted by atomic mass is 10.2. The minimum atomic E-state index is -0.307. The van der Waals surface area contributed by atoms with Gasteiger partial charge in [-0.1, -0.05) is 29.3 Å². The molecular formula is C23H25Cl2N5O. The van der Waals surface area contributed by atoms with E-state index >= 15 is 0 Å². The van der Waals surface area contributed by atoms with E-state index in [0.717, 1.165) is 34.7 Å². The van der Waals surface area contributed by atoms with Gasteiger partial charge in [0.25, 0.3) is 5.91 Å². The van der Waals surface area contributed by atoms with E-state index in [0.29, 0.717) is 28.1 Å². The lowest BCUT2D eigenvalue weighted by Crippen LogP contribution is -2.36. The average Bonchev–Trinajstić information content (AvgIpc) is 3.01. The van der Waals surface area contributed by atoms with Crippen LogP contribution in [0.3, 0.4) is 0 Å². The molecule has 31 heavy (non-hydrogen) atoms. The van der Waals surface area contributed by atoms with Crippen LogP contribution in [0.25, 0.3) is 0 Å². The van der Waals surface area contributed by atoms with Crippen molar-refractivity contribution >= 4 is 40.8 Å². The number of rotatable bonds is 5. The van der Waals surface area contributed by atoms with Gasteiger partial charge in [0.15, 0.2) is 0 Å². The number of aromatic nitrogens is 2. The van der Waals surface area contributed by atoms with Crippen LogP contribution >= 0.6 is 23.2 Å². The summed E-state index contributed by atoms with van der Waals surface area (Å²) >= 11 is 12.1. The smallest absolute Gasteiger partial charge is 0.258 e. The Bertz CT molecular complexity index is 1140. The van der Waals surface area contributed by atoms with Gasteiger partial charge in [0.1, 0.15) is 0 Å². The largest absolute Gasteiger partial charge is 0.326 e. The van der Waals surface area contributed by atoms with Crippen LogP contribution in [0.5, 0.6) is 0 Å². The third-order valence-corrected chi connectivity index (χ3v) is 5.46. The molecule has 1 amide bonds. The number of aliphatic imine (C=N–C) groups is 1. The predicted octanol–water partition coefficient (Wildman–Crippen LogP) is 5.53. The number of guanidine groups is 1. The van der Waals surface area contributed by atoms with Crippen molar-refractivity contribution in [1.29, 1.82) is 0 Å². The molecule has 2 N–H and O–H groups in total. The summed E-state index contributed by atoms with van der Waals surface area (Å²) in [5.41, 5.74) is 5.20. The highest BCUT2D eigenvalue weighted by atomic mass is 35.5. The number of halogens is 2. The molecular weight excluding hydrogens is 433 g/mol. The zero-order valence-corrected chi connectivity index (χ0v) is 19.5. The molecule has 0 bridgehead atoms. The number of aryl methyl sites for hydroxylation is 3. The highest BCUT2D eigenvalue weighted by molar-refractivity contribution is 6.31. The molecule has 0 atom stereocenters. The molecule has 0 spiro atoms. The average molecular weight is 458 g/mol. The van der Waals surface area contributed by atoms with Gasteiger partial charge in [-0.2, -0.15) is 5.10 Å². The van der Waals surface area contributed by atoms with Crippen LogP contribution in [0.2, 0.25) is 10.0 Å². The Labute approximate surface area is 192 Å². The Morgan fingerprint density at radius 2 is 1.84 bits per heavy atom. The van der Waals surface area contributed by atoms with Crippen molar-refractivity contribution in [2.45, 2.75) is 40.8 Å². The summed E-state index contributed by atoms with van der Waals surface area (Å²) in [5.74, 6) is 0.0245. The Balaban J connectivity index is 1.90. The molecule has 0 saturated heterocycles. The van der Waals surface area contributed by atoms with E-state index in [4.69, 9.17) is 23.2 Å². The maximum atomic E-state index is 12.8. The molecule has 0 aliphatic rings. The van der Waals surface area contributed by atoms with Crippen LogP contribution < -0.4 is 10.6 Å². The Morgan fingerprint density at radius 1 is 1.10 bits per heavy atom.